The highest BCUT2D eigenvalue weighted by Gasteiger charge is 2.62. The van der Waals surface area contributed by atoms with Crippen molar-refractivity contribution >= 4 is 45.1 Å². The molecule has 41 heavy (non-hydrogen) atoms. The highest BCUT2D eigenvalue weighted by Crippen LogP contribution is 2.67. The van der Waals surface area contributed by atoms with Gasteiger partial charge < -0.3 is 10.2 Å². The van der Waals surface area contributed by atoms with Crippen LogP contribution in [-0.4, -0.2) is 37.8 Å². The Labute approximate surface area is 245 Å². The van der Waals surface area contributed by atoms with E-state index in [1.807, 2.05) is 24.3 Å². The van der Waals surface area contributed by atoms with Gasteiger partial charge >= 0.3 is 5.97 Å². The molecule has 5 atom stereocenters. The standard InChI is InChI=1S/C36H36O4S/c1-35-20-31(24-8-4-22(5-9-24)2-3-23-6-10-25(11-7-23)34(38)39)33-29-15-13-27(37)18-26(29)12-14-30(33)32(35)16-17-36(35,40)19-28-21-41-28/h2-11,18,21,30-32,40H,12-17,19-20H2,1H3,(H,38,39). The van der Waals surface area contributed by atoms with Crippen molar-refractivity contribution in [3.8, 4) is 0 Å². The van der Waals surface area contributed by atoms with E-state index in [-0.39, 0.29) is 22.7 Å². The number of benzene rings is 2. The van der Waals surface area contributed by atoms with Crippen molar-refractivity contribution in [2.24, 2.45) is 17.3 Å². The molecule has 2 saturated carbocycles. The molecule has 2 aromatic rings. The average Bonchev–Trinajstić information content (AvgIpc) is 3.74. The summed E-state index contributed by atoms with van der Waals surface area (Å²) in [5.74, 6) is 0.517. The third kappa shape index (κ3) is 4.64. The van der Waals surface area contributed by atoms with E-state index in [9.17, 15) is 14.7 Å². The smallest absolute Gasteiger partial charge is 0.335 e. The van der Waals surface area contributed by atoms with Crippen molar-refractivity contribution < 1.29 is 19.8 Å². The number of fused-ring (bicyclic) bond motifs is 4. The van der Waals surface area contributed by atoms with E-state index >= 15 is 0 Å². The number of allylic oxidation sites excluding steroid dienone is 4. The number of carbonyl (C=O) groups excluding carboxylic acids is 1. The molecule has 7 rings (SSSR count). The fraction of sp³-hybridized carbons (Fsp3) is 0.389. The Hall–Kier alpha value is -3.28. The number of hydrogen-bond donors (Lipinski definition) is 2. The van der Waals surface area contributed by atoms with E-state index in [4.69, 9.17) is 5.11 Å². The van der Waals surface area contributed by atoms with Gasteiger partial charge in [0, 0.05) is 34.4 Å². The Kier molecular flexibility index (Phi) is 6.44. The van der Waals surface area contributed by atoms with Crippen molar-refractivity contribution in [1.82, 2.24) is 0 Å². The van der Waals surface area contributed by atoms with E-state index in [1.165, 1.54) is 21.6 Å². The molecule has 0 amide bonds. The SMILES string of the molecule is CC12CC(c3ccc(C=Cc4ccc(C(=O)O)cc4)cc3)C3=C4CCC(=O)C=C4CCC3C1CCC2(O)CC1=S=C1. The van der Waals surface area contributed by atoms with Crippen molar-refractivity contribution in [2.75, 3.05) is 0 Å². The quantitative estimate of drug-likeness (QED) is 0.285. The number of aliphatic hydroxyl groups is 1. The molecule has 5 unspecified atom stereocenters. The second-order valence-electron chi connectivity index (χ2n) is 12.9. The molecule has 4 nitrogen and oxygen atoms in total. The second kappa shape index (κ2) is 9.92. The van der Waals surface area contributed by atoms with Crippen LogP contribution in [0.1, 0.15) is 91.3 Å². The van der Waals surface area contributed by atoms with E-state index in [0.717, 1.165) is 56.1 Å². The lowest BCUT2D eigenvalue weighted by Gasteiger charge is -2.55. The van der Waals surface area contributed by atoms with Gasteiger partial charge in [-0.3, -0.25) is 4.79 Å². The summed E-state index contributed by atoms with van der Waals surface area (Å²) in [7, 11) is 1.78. The largest absolute Gasteiger partial charge is 0.478 e. The molecule has 5 aliphatic rings. The summed E-state index contributed by atoms with van der Waals surface area (Å²) in [5.41, 5.74) is 7.08. The van der Waals surface area contributed by atoms with Gasteiger partial charge in [0.15, 0.2) is 5.78 Å². The summed E-state index contributed by atoms with van der Waals surface area (Å²) in [4.78, 5) is 24.8. The van der Waals surface area contributed by atoms with Crippen LogP contribution in [0.25, 0.3) is 12.2 Å². The minimum atomic E-state index is -0.919. The first-order chi connectivity index (χ1) is 19.7. The summed E-state index contributed by atoms with van der Waals surface area (Å²) >= 11 is 0. The average molecular weight is 565 g/mol. The number of carboxylic acid groups (broad SMARTS) is 1. The molecule has 0 spiro atoms. The van der Waals surface area contributed by atoms with Gasteiger partial charge in [0.05, 0.1) is 11.2 Å². The Bertz CT molecular complexity index is 1600. The number of aromatic carboxylic acids is 1. The van der Waals surface area contributed by atoms with Crippen LogP contribution in [-0.2, 0) is 4.79 Å². The second-order valence-corrected chi connectivity index (χ2v) is 13.9. The molecule has 1 aliphatic heterocycles. The Balaban J connectivity index is 1.23. The summed E-state index contributed by atoms with van der Waals surface area (Å²) < 4.78 is 0. The van der Waals surface area contributed by atoms with E-state index in [2.05, 4.69) is 42.6 Å². The van der Waals surface area contributed by atoms with Crippen molar-refractivity contribution in [3.05, 3.63) is 93.6 Å². The third-order valence-electron chi connectivity index (χ3n) is 10.8. The maximum atomic E-state index is 12.3. The Morgan fingerprint density at radius 2 is 1.68 bits per heavy atom. The predicted molar refractivity (Wildman–Crippen MR) is 167 cm³/mol. The highest BCUT2D eigenvalue weighted by molar-refractivity contribution is 8.09. The zero-order chi connectivity index (χ0) is 28.4. The summed E-state index contributed by atoms with van der Waals surface area (Å²) in [6.07, 6.45) is 13.2. The molecule has 0 bridgehead atoms. The number of carbonyl (C=O) groups is 2. The lowest BCUT2D eigenvalue weighted by atomic mass is 9.51. The lowest BCUT2D eigenvalue weighted by molar-refractivity contribution is -0.114. The first-order valence-corrected chi connectivity index (χ1v) is 15.8. The summed E-state index contributed by atoms with van der Waals surface area (Å²) in [6, 6.07) is 15.7. The van der Waals surface area contributed by atoms with E-state index < -0.39 is 11.6 Å². The topological polar surface area (TPSA) is 74.6 Å². The van der Waals surface area contributed by atoms with Gasteiger partial charge in [-0.15, -0.1) is 10.9 Å². The molecule has 1 heterocycles. The van der Waals surface area contributed by atoms with Crippen LogP contribution in [0.5, 0.6) is 0 Å². The molecule has 0 radical (unpaired) electrons. The molecule has 4 aliphatic carbocycles. The molecular weight excluding hydrogens is 528 g/mol. The van der Waals surface area contributed by atoms with Crippen LogP contribution >= 0.6 is 10.9 Å². The molecule has 2 N–H and O–H groups in total. The molecule has 0 aromatic heterocycles. The highest BCUT2D eigenvalue weighted by atomic mass is 32.1. The number of hydrogen-bond acceptors (Lipinski definition) is 3. The third-order valence-corrected chi connectivity index (χ3v) is 11.5. The van der Waals surface area contributed by atoms with Crippen LogP contribution in [0.4, 0.5) is 0 Å². The molecule has 2 fully saturated rings. The fourth-order valence-electron chi connectivity index (χ4n) is 8.53. The number of rotatable bonds is 6. The zero-order valence-corrected chi connectivity index (χ0v) is 24.3. The van der Waals surface area contributed by atoms with Crippen molar-refractivity contribution in [2.45, 2.75) is 69.8 Å². The number of ketones is 1. The van der Waals surface area contributed by atoms with E-state index in [0.29, 0.717) is 18.3 Å². The minimum Gasteiger partial charge on any atom is -0.478 e. The lowest BCUT2D eigenvalue weighted by Crippen LogP contribution is -2.52. The fourth-order valence-corrected chi connectivity index (χ4v) is 9.01. The molecule has 5 heteroatoms. The van der Waals surface area contributed by atoms with Crippen molar-refractivity contribution in [1.29, 1.82) is 0 Å². The zero-order valence-electron chi connectivity index (χ0n) is 23.4. The van der Waals surface area contributed by atoms with Crippen LogP contribution in [0.15, 0.2) is 71.3 Å². The normalized spacial score (nSPS) is 32.0. The summed E-state index contributed by atoms with van der Waals surface area (Å²) in [5, 5.41) is 23.5. The van der Waals surface area contributed by atoms with Gasteiger partial charge in [-0.05, 0) is 96.4 Å². The van der Waals surface area contributed by atoms with E-state index in [1.54, 1.807) is 28.6 Å². The van der Waals surface area contributed by atoms with Crippen LogP contribution in [0.3, 0.4) is 0 Å². The molecule has 210 valence electrons. The van der Waals surface area contributed by atoms with Crippen LogP contribution < -0.4 is 0 Å². The van der Waals surface area contributed by atoms with Gasteiger partial charge in [-0.25, -0.2) is 4.79 Å². The Morgan fingerprint density at radius 3 is 2.34 bits per heavy atom. The monoisotopic (exact) mass is 564 g/mol. The maximum absolute atomic E-state index is 12.3. The molecule has 2 aromatic carbocycles. The first-order valence-electron chi connectivity index (χ1n) is 14.9. The van der Waals surface area contributed by atoms with Gasteiger partial charge in [-0.2, -0.15) is 0 Å². The van der Waals surface area contributed by atoms with Crippen LogP contribution in [0, 0.1) is 17.3 Å². The first kappa shape index (κ1) is 26.6. The van der Waals surface area contributed by atoms with Gasteiger partial charge in [0.25, 0.3) is 0 Å². The van der Waals surface area contributed by atoms with Gasteiger partial charge in [0.1, 0.15) is 0 Å². The van der Waals surface area contributed by atoms with Gasteiger partial charge in [0.2, 0.25) is 0 Å². The predicted octanol–water partition coefficient (Wildman–Crippen LogP) is 7.30. The van der Waals surface area contributed by atoms with Crippen LogP contribution in [0.2, 0.25) is 0 Å². The molecule has 0 saturated heterocycles. The minimum absolute atomic E-state index is 0.150. The Morgan fingerprint density at radius 1 is 1.00 bits per heavy atom. The number of carboxylic acids is 1. The summed E-state index contributed by atoms with van der Waals surface area (Å²) in [6.45, 7) is 2.37. The maximum Gasteiger partial charge on any atom is 0.335 e. The van der Waals surface area contributed by atoms with Gasteiger partial charge in [-0.1, -0.05) is 61.0 Å². The molecular formula is C36H36O4S. The van der Waals surface area contributed by atoms with Crippen molar-refractivity contribution in [3.63, 3.8) is 0 Å².